The summed E-state index contributed by atoms with van der Waals surface area (Å²) in [6, 6.07) is 13.4. The molecule has 0 aromatic heterocycles. The molecule has 0 bridgehead atoms. The standard InChI is InChI=1S/C22H16ClF3N2O4/c23-13-6-8-14(9-7-13)28-21(30)19-17(12-18(29)31-11-3-10-22(24,25)26)32-16-5-2-1-4-15(16)20(19)27-28/h1-2,4-9H,3,10-12H2. The summed E-state index contributed by atoms with van der Waals surface area (Å²) in [5, 5.41) is 5.51. The van der Waals surface area contributed by atoms with Crippen molar-refractivity contribution < 1.29 is 27.1 Å². The predicted octanol–water partition coefficient (Wildman–Crippen LogP) is 5.17. The van der Waals surface area contributed by atoms with E-state index < -0.39 is 30.5 Å². The molecule has 2 aliphatic heterocycles. The van der Waals surface area contributed by atoms with E-state index in [1.54, 1.807) is 48.5 Å². The molecule has 0 spiro atoms. The molecule has 2 aliphatic rings. The number of hydrogen-bond donors (Lipinski definition) is 0. The molecule has 32 heavy (non-hydrogen) atoms. The van der Waals surface area contributed by atoms with Crippen LogP contribution in [-0.2, 0) is 16.0 Å². The van der Waals surface area contributed by atoms with Crippen molar-refractivity contribution in [3.63, 3.8) is 0 Å². The zero-order valence-corrected chi connectivity index (χ0v) is 17.2. The zero-order valence-electron chi connectivity index (χ0n) is 16.5. The Morgan fingerprint density at radius 3 is 2.56 bits per heavy atom. The summed E-state index contributed by atoms with van der Waals surface area (Å²) in [6.45, 7) is -0.386. The number of carbonyl (C=O) groups is 1. The summed E-state index contributed by atoms with van der Waals surface area (Å²) in [7, 11) is 0. The van der Waals surface area contributed by atoms with E-state index in [4.69, 9.17) is 20.8 Å². The van der Waals surface area contributed by atoms with Crippen molar-refractivity contribution in [1.29, 1.82) is 0 Å². The highest BCUT2D eigenvalue weighted by atomic mass is 35.5. The van der Waals surface area contributed by atoms with Crippen molar-refractivity contribution in [1.82, 2.24) is 9.78 Å². The van der Waals surface area contributed by atoms with Gasteiger partial charge in [0, 0.05) is 16.8 Å². The predicted molar refractivity (Wildman–Crippen MR) is 111 cm³/mol. The number of carbonyl (C=O) groups excluding carboxylic acids is 1. The fourth-order valence-corrected chi connectivity index (χ4v) is 3.43. The van der Waals surface area contributed by atoms with Crippen molar-refractivity contribution in [2.24, 2.45) is 0 Å². The van der Waals surface area contributed by atoms with Gasteiger partial charge in [-0.05, 0) is 42.8 Å². The maximum atomic E-state index is 13.2. The van der Waals surface area contributed by atoms with E-state index in [-0.39, 0.29) is 24.4 Å². The highest BCUT2D eigenvalue weighted by molar-refractivity contribution is 6.30. The molecule has 4 rings (SSSR count). The first-order chi connectivity index (χ1) is 15.2. The Balaban J connectivity index is 1.69. The monoisotopic (exact) mass is 464 g/mol. The number of halogens is 4. The third-order valence-electron chi connectivity index (χ3n) is 4.74. The molecule has 2 heterocycles. The lowest BCUT2D eigenvalue weighted by atomic mass is 10.1. The molecule has 0 fully saturated rings. The van der Waals surface area contributed by atoms with E-state index in [0.717, 1.165) is 0 Å². The van der Waals surface area contributed by atoms with E-state index in [9.17, 15) is 22.8 Å². The molecule has 0 saturated heterocycles. The molecule has 166 valence electrons. The summed E-state index contributed by atoms with van der Waals surface area (Å²) >= 11 is 5.92. The van der Waals surface area contributed by atoms with Crippen LogP contribution >= 0.6 is 11.6 Å². The molecule has 2 aromatic rings. The van der Waals surface area contributed by atoms with Crippen LogP contribution < -0.4 is 5.56 Å². The Labute approximate surface area is 184 Å². The number of esters is 1. The van der Waals surface area contributed by atoms with Gasteiger partial charge in [0.15, 0.2) is 0 Å². The molecule has 0 amide bonds. The third-order valence-corrected chi connectivity index (χ3v) is 4.99. The lowest BCUT2D eigenvalue weighted by Gasteiger charge is -2.09. The number of hydrogen-bond acceptors (Lipinski definition) is 5. The minimum atomic E-state index is -4.32. The number of nitrogens with zero attached hydrogens (tertiary/aromatic N) is 2. The largest absolute Gasteiger partial charge is 0.465 e. The zero-order chi connectivity index (χ0) is 22.9. The highest BCUT2D eigenvalue weighted by Crippen LogP contribution is 2.32. The van der Waals surface area contributed by atoms with Crippen LogP contribution in [-0.4, -0.2) is 28.5 Å². The van der Waals surface area contributed by atoms with Gasteiger partial charge in [-0.2, -0.15) is 23.0 Å². The summed E-state index contributed by atoms with van der Waals surface area (Å²) in [5.41, 5.74) is 0.815. The van der Waals surface area contributed by atoms with Crippen LogP contribution in [0.4, 0.5) is 13.2 Å². The second-order valence-corrected chi connectivity index (χ2v) is 7.49. The van der Waals surface area contributed by atoms with Gasteiger partial charge in [0.05, 0.1) is 12.3 Å². The second-order valence-electron chi connectivity index (χ2n) is 7.05. The fourth-order valence-electron chi connectivity index (χ4n) is 3.30. The average Bonchev–Trinajstić information content (AvgIpc) is 3.09. The van der Waals surface area contributed by atoms with Crippen LogP contribution in [0.1, 0.15) is 18.6 Å². The van der Waals surface area contributed by atoms with Crippen molar-refractivity contribution >= 4 is 28.5 Å². The van der Waals surface area contributed by atoms with E-state index in [1.807, 2.05) is 0 Å². The van der Waals surface area contributed by atoms with Crippen molar-refractivity contribution in [3.05, 3.63) is 69.7 Å². The first kappa shape index (κ1) is 21.9. The van der Waals surface area contributed by atoms with E-state index in [0.29, 0.717) is 27.4 Å². The summed E-state index contributed by atoms with van der Waals surface area (Å²) < 4.78 is 48.6. The number of alkyl halides is 3. The molecule has 0 unspecified atom stereocenters. The molecule has 2 aromatic carbocycles. The van der Waals surface area contributed by atoms with E-state index >= 15 is 0 Å². The Hall–Kier alpha value is -3.33. The fraction of sp³-hybridized carbons (Fsp3) is 0.227. The molecule has 0 N–H and O–H groups in total. The minimum absolute atomic E-state index is 0.0322. The third kappa shape index (κ3) is 4.62. The maximum absolute atomic E-state index is 13.2. The molecular weight excluding hydrogens is 449 g/mol. The van der Waals surface area contributed by atoms with E-state index in [1.165, 1.54) is 4.68 Å². The molecule has 0 aliphatic carbocycles. The van der Waals surface area contributed by atoms with Crippen LogP contribution in [0.3, 0.4) is 0 Å². The quantitative estimate of drug-likeness (QED) is 0.291. The Kier molecular flexibility index (Phi) is 5.92. The first-order valence-corrected chi connectivity index (χ1v) is 10.0. The van der Waals surface area contributed by atoms with Crippen molar-refractivity contribution in [2.45, 2.75) is 25.4 Å². The number of para-hydroxylation sites is 1. The molecule has 0 saturated carbocycles. The number of aromatic nitrogens is 2. The van der Waals surface area contributed by atoms with Gasteiger partial charge in [0.25, 0.3) is 5.56 Å². The molecule has 0 atom stereocenters. The minimum Gasteiger partial charge on any atom is -0.465 e. The normalized spacial score (nSPS) is 11.9. The second kappa shape index (κ2) is 8.66. The van der Waals surface area contributed by atoms with Gasteiger partial charge in [0.2, 0.25) is 0 Å². The molecular formula is C22H16ClF3N2O4. The van der Waals surface area contributed by atoms with Crippen LogP contribution in [0.5, 0.6) is 0 Å². The molecule has 10 heteroatoms. The van der Waals surface area contributed by atoms with Crippen LogP contribution in [0, 0.1) is 0 Å². The van der Waals surface area contributed by atoms with Gasteiger partial charge in [-0.15, -0.1) is 0 Å². The van der Waals surface area contributed by atoms with Crippen LogP contribution in [0.15, 0.2) is 57.7 Å². The Morgan fingerprint density at radius 2 is 1.84 bits per heavy atom. The SMILES string of the molecule is O=C(Cc1oc2ccccc2c2nn(-c3ccc(Cl)cc3)c(=O)c1-2)OCCCC(F)(F)F. The Bertz CT molecular complexity index is 1300. The van der Waals surface area contributed by atoms with Gasteiger partial charge in [-0.3, -0.25) is 9.59 Å². The lowest BCUT2D eigenvalue weighted by Crippen LogP contribution is -2.17. The average molecular weight is 465 g/mol. The number of rotatable bonds is 6. The van der Waals surface area contributed by atoms with Crippen molar-refractivity contribution in [3.8, 4) is 16.9 Å². The lowest BCUT2D eigenvalue weighted by molar-refractivity contribution is -0.149. The summed E-state index contributed by atoms with van der Waals surface area (Å²) in [6.07, 6.45) is -6.14. The van der Waals surface area contributed by atoms with Gasteiger partial charge < -0.3 is 9.15 Å². The van der Waals surface area contributed by atoms with Gasteiger partial charge in [-0.1, -0.05) is 23.7 Å². The topological polar surface area (TPSA) is 74.3 Å². The smallest absolute Gasteiger partial charge is 0.389 e. The van der Waals surface area contributed by atoms with Gasteiger partial charge in [0.1, 0.15) is 29.0 Å². The number of fused-ring (bicyclic) bond motifs is 3. The van der Waals surface area contributed by atoms with Crippen LogP contribution in [0.2, 0.25) is 5.02 Å². The number of benzene rings is 2. The van der Waals surface area contributed by atoms with Gasteiger partial charge in [-0.25, -0.2) is 0 Å². The summed E-state index contributed by atoms with van der Waals surface area (Å²) in [4.78, 5) is 25.4. The summed E-state index contributed by atoms with van der Waals surface area (Å²) in [5.74, 6) is -0.768. The first-order valence-electron chi connectivity index (χ1n) is 9.65. The number of ether oxygens (including phenoxy) is 1. The van der Waals surface area contributed by atoms with Gasteiger partial charge >= 0.3 is 12.1 Å². The highest BCUT2D eigenvalue weighted by Gasteiger charge is 2.28. The molecule has 6 nitrogen and oxygen atoms in total. The Morgan fingerprint density at radius 1 is 1.12 bits per heavy atom. The van der Waals surface area contributed by atoms with E-state index in [2.05, 4.69) is 5.10 Å². The molecule has 0 radical (unpaired) electrons. The maximum Gasteiger partial charge on any atom is 0.389 e. The van der Waals surface area contributed by atoms with Crippen molar-refractivity contribution in [2.75, 3.05) is 6.61 Å². The van der Waals surface area contributed by atoms with Crippen LogP contribution in [0.25, 0.3) is 27.9 Å².